The minimum Gasteiger partial charge on any atom is -0.356 e. The monoisotopic (exact) mass is 350 g/mol. The molecule has 1 atom stereocenters. The molecule has 1 heterocycles. The number of hydroxylamine groups is 2. The SMILES string of the molecule is O=C(c1ccc2c(c1)CC[C@@]1(CCNC1=O)C2)N(O)Cc1ccccc1. The van der Waals surface area contributed by atoms with Gasteiger partial charge in [-0.05, 0) is 54.5 Å². The van der Waals surface area contributed by atoms with Crippen LogP contribution in [0.15, 0.2) is 48.5 Å². The van der Waals surface area contributed by atoms with E-state index in [1.54, 1.807) is 6.07 Å². The summed E-state index contributed by atoms with van der Waals surface area (Å²) < 4.78 is 0. The van der Waals surface area contributed by atoms with Crippen LogP contribution in [-0.2, 0) is 24.2 Å². The number of aryl methyl sites for hydroxylation is 1. The van der Waals surface area contributed by atoms with Gasteiger partial charge in [-0.3, -0.25) is 14.8 Å². The molecule has 1 aliphatic carbocycles. The molecule has 0 radical (unpaired) electrons. The second-order valence-electron chi connectivity index (χ2n) is 7.29. The van der Waals surface area contributed by atoms with E-state index in [4.69, 9.17) is 0 Å². The van der Waals surface area contributed by atoms with E-state index < -0.39 is 5.91 Å². The van der Waals surface area contributed by atoms with Crippen molar-refractivity contribution in [2.75, 3.05) is 6.54 Å². The number of amides is 2. The highest BCUT2D eigenvalue weighted by Crippen LogP contribution is 2.41. The Kier molecular flexibility index (Phi) is 4.24. The number of hydrogen-bond donors (Lipinski definition) is 2. The zero-order valence-corrected chi connectivity index (χ0v) is 14.6. The molecule has 4 rings (SSSR count). The number of nitrogens with one attached hydrogen (secondary N) is 1. The van der Waals surface area contributed by atoms with E-state index in [0.717, 1.165) is 54.0 Å². The van der Waals surface area contributed by atoms with Crippen LogP contribution in [0.2, 0.25) is 0 Å². The number of carbonyl (C=O) groups is 2. The van der Waals surface area contributed by atoms with E-state index in [-0.39, 0.29) is 17.9 Å². The van der Waals surface area contributed by atoms with Crippen molar-refractivity contribution < 1.29 is 14.8 Å². The molecule has 0 bridgehead atoms. The quantitative estimate of drug-likeness (QED) is 0.661. The molecule has 0 unspecified atom stereocenters. The van der Waals surface area contributed by atoms with Crippen LogP contribution in [-0.4, -0.2) is 28.6 Å². The summed E-state index contributed by atoms with van der Waals surface area (Å²) in [6.07, 6.45) is 3.22. The minimum atomic E-state index is -0.407. The maximum absolute atomic E-state index is 12.5. The Hall–Kier alpha value is -2.66. The van der Waals surface area contributed by atoms with E-state index in [9.17, 15) is 14.8 Å². The van der Waals surface area contributed by atoms with Crippen molar-refractivity contribution in [2.45, 2.75) is 32.2 Å². The lowest BCUT2D eigenvalue weighted by Gasteiger charge is -2.32. The topological polar surface area (TPSA) is 69.6 Å². The van der Waals surface area contributed by atoms with Crippen molar-refractivity contribution in [3.8, 4) is 0 Å². The highest BCUT2D eigenvalue weighted by molar-refractivity contribution is 5.94. The molecule has 2 N–H and O–H groups in total. The van der Waals surface area contributed by atoms with Crippen LogP contribution in [0.25, 0.3) is 0 Å². The predicted octanol–water partition coefficient (Wildman–Crippen LogP) is 2.71. The minimum absolute atomic E-state index is 0.153. The summed E-state index contributed by atoms with van der Waals surface area (Å²) in [6, 6.07) is 14.9. The summed E-state index contributed by atoms with van der Waals surface area (Å²) >= 11 is 0. The van der Waals surface area contributed by atoms with E-state index in [1.165, 1.54) is 0 Å². The molecule has 5 heteroatoms. The Balaban J connectivity index is 1.51. The second-order valence-corrected chi connectivity index (χ2v) is 7.29. The first-order valence-corrected chi connectivity index (χ1v) is 9.02. The Labute approximate surface area is 152 Å². The summed E-state index contributed by atoms with van der Waals surface area (Å²) in [7, 11) is 0. The highest BCUT2D eigenvalue weighted by atomic mass is 16.5. The molecule has 2 amide bonds. The van der Waals surface area contributed by atoms with Gasteiger partial charge in [-0.25, -0.2) is 5.06 Å². The van der Waals surface area contributed by atoms with Gasteiger partial charge in [-0.15, -0.1) is 0 Å². The third-order valence-electron chi connectivity index (χ3n) is 5.64. The summed E-state index contributed by atoms with van der Waals surface area (Å²) in [6.45, 7) is 0.906. The van der Waals surface area contributed by atoms with E-state index in [1.807, 2.05) is 42.5 Å². The molecule has 134 valence electrons. The van der Waals surface area contributed by atoms with Gasteiger partial charge in [0.2, 0.25) is 5.91 Å². The molecule has 0 aromatic heterocycles. The molecule has 1 aliphatic heterocycles. The lowest BCUT2D eigenvalue weighted by molar-refractivity contribution is -0.128. The summed E-state index contributed by atoms with van der Waals surface area (Å²) in [5, 5.41) is 13.9. The van der Waals surface area contributed by atoms with Crippen molar-refractivity contribution in [3.63, 3.8) is 0 Å². The highest BCUT2D eigenvalue weighted by Gasteiger charge is 2.44. The van der Waals surface area contributed by atoms with Crippen molar-refractivity contribution in [3.05, 3.63) is 70.8 Å². The molecule has 2 aromatic rings. The fraction of sp³-hybridized carbons (Fsp3) is 0.333. The van der Waals surface area contributed by atoms with Crippen molar-refractivity contribution in [1.29, 1.82) is 0 Å². The predicted molar refractivity (Wildman–Crippen MR) is 96.6 cm³/mol. The first kappa shape index (κ1) is 16.8. The van der Waals surface area contributed by atoms with Gasteiger partial charge in [0.25, 0.3) is 5.91 Å². The molecular weight excluding hydrogens is 328 g/mol. The first-order valence-electron chi connectivity index (χ1n) is 9.02. The summed E-state index contributed by atoms with van der Waals surface area (Å²) in [4.78, 5) is 24.7. The number of nitrogens with zero attached hydrogens (tertiary/aromatic N) is 1. The molecule has 1 saturated heterocycles. The second kappa shape index (κ2) is 6.57. The molecule has 1 spiro atoms. The largest absolute Gasteiger partial charge is 0.356 e. The van der Waals surface area contributed by atoms with Crippen LogP contribution in [0.4, 0.5) is 0 Å². The van der Waals surface area contributed by atoms with Gasteiger partial charge >= 0.3 is 0 Å². The molecule has 2 aliphatic rings. The number of carbonyl (C=O) groups excluding carboxylic acids is 2. The maximum Gasteiger partial charge on any atom is 0.277 e. The Morgan fingerprint density at radius 3 is 2.65 bits per heavy atom. The molecule has 2 aromatic carbocycles. The fourth-order valence-corrected chi connectivity index (χ4v) is 4.09. The van der Waals surface area contributed by atoms with Gasteiger partial charge in [-0.1, -0.05) is 36.4 Å². The van der Waals surface area contributed by atoms with Crippen molar-refractivity contribution in [1.82, 2.24) is 10.4 Å². The molecule has 26 heavy (non-hydrogen) atoms. The van der Waals surface area contributed by atoms with Crippen LogP contribution in [0.5, 0.6) is 0 Å². The lowest BCUT2D eigenvalue weighted by atomic mass is 9.70. The smallest absolute Gasteiger partial charge is 0.277 e. The zero-order valence-electron chi connectivity index (χ0n) is 14.6. The van der Waals surface area contributed by atoms with Crippen LogP contribution in [0.1, 0.15) is 39.9 Å². The maximum atomic E-state index is 12.5. The van der Waals surface area contributed by atoms with Crippen LogP contribution < -0.4 is 5.32 Å². The molecular formula is C21H22N2O3. The summed E-state index contributed by atoms with van der Waals surface area (Å²) in [5.41, 5.74) is 3.32. The first-order chi connectivity index (χ1) is 12.6. The third-order valence-corrected chi connectivity index (χ3v) is 5.64. The van der Waals surface area contributed by atoms with Crippen LogP contribution in [0, 0.1) is 5.41 Å². The lowest BCUT2D eigenvalue weighted by Crippen LogP contribution is -2.36. The molecule has 5 nitrogen and oxygen atoms in total. The summed E-state index contributed by atoms with van der Waals surface area (Å²) in [5.74, 6) is -0.247. The average molecular weight is 350 g/mol. The number of benzene rings is 2. The van der Waals surface area contributed by atoms with E-state index in [2.05, 4.69) is 5.32 Å². The molecule has 0 saturated carbocycles. The van der Waals surface area contributed by atoms with Gasteiger partial charge in [0.05, 0.1) is 12.0 Å². The van der Waals surface area contributed by atoms with Gasteiger partial charge < -0.3 is 5.32 Å². The average Bonchev–Trinajstić information content (AvgIpc) is 3.01. The normalized spacial score (nSPS) is 21.3. The number of hydrogen-bond acceptors (Lipinski definition) is 3. The van der Waals surface area contributed by atoms with Gasteiger partial charge in [0.1, 0.15) is 0 Å². The van der Waals surface area contributed by atoms with Crippen LogP contribution >= 0.6 is 0 Å². The standard InChI is InChI=1S/C21H22N2O3/c24-19(23(26)14-15-4-2-1-3-5-15)17-6-7-18-13-21(9-8-16(18)12-17)10-11-22-20(21)25/h1-7,12,26H,8-11,13-14H2,(H,22,25)/t21-/m1/s1. The Morgan fingerprint density at radius 1 is 1.12 bits per heavy atom. The Bertz CT molecular complexity index is 850. The number of fused-ring (bicyclic) bond motifs is 1. The molecule has 1 fully saturated rings. The third kappa shape index (κ3) is 2.99. The van der Waals surface area contributed by atoms with Gasteiger partial charge in [0.15, 0.2) is 0 Å². The van der Waals surface area contributed by atoms with E-state index in [0.29, 0.717) is 5.56 Å². The van der Waals surface area contributed by atoms with Gasteiger partial charge in [0, 0.05) is 12.1 Å². The van der Waals surface area contributed by atoms with Crippen molar-refractivity contribution in [2.24, 2.45) is 5.41 Å². The number of rotatable bonds is 3. The van der Waals surface area contributed by atoms with Gasteiger partial charge in [-0.2, -0.15) is 0 Å². The zero-order chi connectivity index (χ0) is 18.1. The van der Waals surface area contributed by atoms with E-state index >= 15 is 0 Å². The van der Waals surface area contributed by atoms with Crippen molar-refractivity contribution >= 4 is 11.8 Å². The Morgan fingerprint density at radius 2 is 1.92 bits per heavy atom. The van der Waals surface area contributed by atoms with Crippen LogP contribution in [0.3, 0.4) is 0 Å². The fourth-order valence-electron chi connectivity index (χ4n) is 4.09.